The fraction of sp³-hybridized carbons (Fsp3) is 0.385. The van der Waals surface area contributed by atoms with Gasteiger partial charge in [0.1, 0.15) is 5.75 Å². The molecule has 0 spiro atoms. The Labute approximate surface area is 205 Å². The summed E-state index contributed by atoms with van der Waals surface area (Å²) in [6.07, 6.45) is 2.30. The number of unbranched alkanes of at least 4 members (excludes halogenated alkanes) is 1. The summed E-state index contributed by atoms with van der Waals surface area (Å²) in [6, 6.07) is 15.9. The second-order valence-corrected chi connectivity index (χ2v) is 9.07. The zero-order valence-corrected chi connectivity index (χ0v) is 21.1. The minimum absolute atomic E-state index is 0.0544. The number of aryl methyl sites for hydroxylation is 2. The van der Waals surface area contributed by atoms with Gasteiger partial charge in [-0.05, 0) is 67.8 Å². The Balaban J connectivity index is 1.82. The SMILES string of the molecule is CCCCn1c(SCC(=O)N(CCC#N)c2cc(C)cc(C)c2)nnc1-c1ccc(OC)cc1. The van der Waals surface area contributed by atoms with Crippen LogP contribution in [0, 0.1) is 25.2 Å². The number of hydrogen-bond acceptors (Lipinski definition) is 6. The number of aromatic nitrogens is 3. The monoisotopic (exact) mass is 477 g/mol. The fourth-order valence-corrected chi connectivity index (χ4v) is 4.58. The summed E-state index contributed by atoms with van der Waals surface area (Å²) in [6.45, 7) is 7.30. The molecular formula is C26H31N5O2S. The van der Waals surface area contributed by atoms with Gasteiger partial charge < -0.3 is 14.2 Å². The molecule has 0 aliphatic rings. The predicted molar refractivity (Wildman–Crippen MR) is 136 cm³/mol. The van der Waals surface area contributed by atoms with Gasteiger partial charge in [-0.1, -0.05) is 31.2 Å². The van der Waals surface area contributed by atoms with Crippen LogP contribution in [0.15, 0.2) is 47.6 Å². The molecule has 0 aliphatic carbocycles. The molecule has 0 N–H and O–H groups in total. The summed E-state index contributed by atoms with van der Waals surface area (Å²) in [4.78, 5) is 14.9. The van der Waals surface area contributed by atoms with E-state index in [1.165, 1.54) is 11.8 Å². The number of thioether (sulfide) groups is 1. The largest absolute Gasteiger partial charge is 0.497 e. The zero-order valence-electron chi connectivity index (χ0n) is 20.2. The number of methoxy groups -OCH3 is 1. The number of carbonyl (C=O) groups excluding carboxylic acids is 1. The Kier molecular flexibility index (Phi) is 9.11. The van der Waals surface area contributed by atoms with Crippen molar-refractivity contribution in [1.82, 2.24) is 14.8 Å². The van der Waals surface area contributed by atoms with Gasteiger partial charge >= 0.3 is 0 Å². The first-order valence-electron chi connectivity index (χ1n) is 11.4. The van der Waals surface area contributed by atoms with Gasteiger partial charge in [0.15, 0.2) is 11.0 Å². The molecule has 0 bridgehead atoms. The lowest BCUT2D eigenvalue weighted by atomic mass is 10.1. The van der Waals surface area contributed by atoms with E-state index < -0.39 is 0 Å². The van der Waals surface area contributed by atoms with Gasteiger partial charge in [-0.15, -0.1) is 10.2 Å². The van der Waals surface area contributed by atoms with Crippen molar-refractivity contribution in [1.29, 1.82) is 5.26 Å². The molecule has 0 atom stereocenters. The molecule has 2 aromatic carbocycles. The van der Waals surface area contributed by atoms with E-state index >= 15 is 0 Å². The molecule has 3 rings (SSSR count). The number of ether oxygens (including phenoxy) is 1. The van der Waals surface area contributed by atoms with Crippen LogP contribution < -0.4 is 9.64 Å². The molecule has 1 amide bonds. The van der Waals surface area contributed by atoms with Crippen molar-refractivity contribution in [3.63, 3.8) is 0 Å². The lowest BCUT2D eigenvalue weighted by molar-refractivity contribution is -0.116. The Morgan fingerprint density at radius 2 is 1.85 bits per heavy atom. The quantitative estimate of drug-likeness (QED) is 0.343. The van der Waals surface area contributed by atoms with E-state index in [2.05, 4.69) is 33.8 Å². The van der Waals surface area contributed by atoms with Crippen molar-refractivity contribution in [2.24, 2.45) is 0 Å². The van der Waals surface area contributed by atoms with Crippen LogP contribution in [0.25, 0.3) is 11.4 Å². The number of carbonyl (C=O) groups is 1. The normalized spacial score (nSPS) is 10.7. The van der Waals surface area contributed by atoms with Crippen LogP contribution in [0.4, 0.5) is 5.69 Å². The van der Waals surface area contributed by atoms with Crippen LogP contribution >= 0.6 is 11.8 Å². The molecule has 178 valence electrons. The third-order valence-corrected chi connectivity index (χ3v) is 6.34. The van der Waals surface area contributed by atoms with Crippen molar-refractivity contribution in [2.45, 2.75) is 51.7 Å². The highest BCUT2D eigenvalue weighted by Gasteiger charge is 2.20. The minimum atomic E-state index is -0.0544. The Morgan fingerprint density at radius 1 is 1.15 bits per heavy atom. The standard InChI is InChI=1S/C26H31N5O2S/c1-5-6-13-31-25(21-8-10-23(33-4)11-9-21)28-29-26(31)34-18-24(32)30(14-7-12-27)22-16-19(2)15-20(3)17-22/h8-11,15-17H,5-7,13-14,18H2,1-4H3. The number of rotatable bonds is 11. The maximum Gasteiger partial charge on any atom is 0.237 e. The average Bonchev–Trinajstić information content (AvgIpc) is 3.23. The van der Waals surface area contributed by atoms with Crippen molar-refractivity contribution in [2.75, 3.05) is 24.3 Å². The molecule has 0 radical (unpaired) electrons. The fourth-order valence-electron chi connectivity index (χ4n) is 3.74. The summed E-state index contributed by atoms with van der Waals surface area (Å²) in [7, 11) is 1.64. The molecule has 0 saturated heterocycles. The summed E-state index contributed by atoms with van der Waals surface area (Å²) in [5, 5.41) is 18.7. The average molecular weight is 478 g/mol. The number of benzene rings is 2. The Bertz CT molecular complexity index is 1130. The lowest BCUT2D eigenvalue weighted by Gasteiger charge is -2.22. The second-order valence-electron chi connectivity index (χ2n) is 8.13. The molecule has 0 unspecified atom stereocenters. The molecule has 0 fully saturated rings. The number of amides is 1. The van der Waals surface area contributed by atoms with Crippen LogP contribution in [-0.4, -0.2) is 40.1 Å². The van der Waals surface area contributed by atoms with Gasteiger partial charge in [-0.25, -0.2) is 0 Å². The minimum Gasteiger partial charge on any atom is -0.497 e. The van der Waals surface area contributed by atoms with E-state index in [4.69, 9.17) is 10.00 Å². The van der Waals surface area contributed by atoms with E-state index in [9.17, 15) is 4.79 Å². The van der Waals surface area contributed by atoms with E-state index in [1.807, 2.05) is 50.2 Å². The van der Waals surface area contributed by atoms with Crippen molar-refractivity contribution >= 4 is 23.4 Å². The first-order valence-corrected chi connectivity index (χ1v) is 12.4. The van der Waals surface area contributed by atoms with Crippen LogP contribution in [0.2, 0.25) is 0 Å². The number of hydrogen-bond donors (Lipinski definition) is 0. The van der Waals surface area contributed by atoms with Crippen molar-refractivity contribution in [3.8, 4) is 23.2 Å². The van der Waals surface area contributed by atoms with Gasteiger partial charge in [0.25, 0.3) is 0 Å². The van der Waals surface area contributed by atoms with Gasteiger partial charge in [0, 0.05) is 24.3 Å². The number of anilines is 1. The molecule has 0 saturated carbocycles. The molecule has 7 nitrogen and oxygen atoms in total. The van der Waals surface area contributed by atoms with E-state index in [1.54, 1.807) is 12.0 Å². The summed E-state index contributed by atoms with van der Waals surface area (Å²) in [5.74, 6) is 1.72. The lowest BCUT2D eigenvalue weighted by Crippen LogP contribution is -2.33. The molecule has 1 aromatic heterocycles. The number of nitriles is 1. The van der Waals surface area contributed by atoms with Crippen LogP contribution in [0.1, 0.15) is 37.3 Å². The maximum atomic E-state index is 13.2. The summed E-state index contributed by atoms with van der Waals surface area (Å²) < 4.78 is 7.35. The highest BCUT2D eigenvalue weighted by Crippen LogP contribution is 2.27. The molecule has 34 heavy (non-hydrogen) atoms. The van der Waals surface area contributed by atoms with Crippen LogP contribution in [0.3, 0.4) is 0 Å². The number of nitrogens with zero attached hydrogens (tertiary/aromatic N) is 5. The topological polar surface area (TPSA) is 84.0 Å². The van der Waals surface area contributed by atoms with E-state index in [0.29, 0.717) is 11.7 Å². The molecule has 3 aromatic rings. The Morgan fingerprint density at radius 3 is 2.47 bits per heavy atom. The van der Waals surface area contributed by atoms with Crippen molar-refractivity contribution < 1.29 is 9.53 Å². The first-order chi connectivity index (χ1) is 16.5. The second kappa shape index (κ2) is 12.2. The molecule has 1 heterocycles. The van der Waals surface area contributed by atoms with Gasteiger partial charge in [-0.3, -0.25) is 4.79 Å². The van der Waals surface area contributed by atoms with Crippen molar-refractivity contribution in [3.05, 3.63) is 53.6 Å². The third kappa shape index (κ3) is 6.39. The smallest absolute Gasteiger partial charge is 0.237 e. The van der Waals surface area contributed by atoms with E-state index in [0.717, 1.165) is 53.3 Å². The third-order valence-electron chi connectivity index (χ3n) is 5.39. The molecule has 0 aliphatic heterocycles. The first kappa shape index (κ1) is 25.3. The zero-order chi connectivity index (χ0) is 24.5. The predicted octanol–water partition coefficient (Wildman–Crippen LogP) is 5.41. The molecular weight excluding hydrogens is 446 g/mol. The van der Waals surface area contributed by atoms with Gasteiger partial charge in [0.2, 0.25) is 5.91 Å². The summed E-state index contributed by atoms with van der Waals surface area (Å²) >= 11 is 1.38. The van der Waals surface area contributed by atoms with Gasteiger partial charge in [0.05, 0.1) is 25.4 Å². The van der Waals surface area contributed by atoms with E-state index in [-0.39, 0.29) is 18.1 Å². The van der Waals surface area contributed by atoms with Crippen LogP contribution in [0.5, 0.6) is 5.75 Å². The van der Waals surface area contributed by atoms with Crippen LogP contribution in [-0.2, 0) is 11.3 Å². The van der Waals surface area contributed by atoms with Gasteiger partial charge in [-0.2, -0.15) is 5.26 Å². The highest BCUT2D eigenvalue weighted by molar-refractivity contribution is 7.99. The highest BCUT2D eigenvalue weighted by atomic mass is 32.2. The Hall–Kier alpha value is -3.31. The molecule has 8 heteroatoms. The summed E-state index contributed by atoms with van der Waals surface area (Å²) in [5.41, 5.74) is 3.94. The maximum absolute atomic E-state index is 13.2.